The van der Waals surface area contributed by atoms with Crippen LogP contribution in [0.1, 0.15) is 19.8 Å². The van der Waals surface area contributed by atoms with Crippen molar-refractivity contribution in [3.8, 4) is 5.75 Å². The molecule has 0 aromatic heterocycles. The fraction of sp³-hybridized carbons (Fsp3) is 0.381. The second kappa shape index (κ2) is 6.90. The Balaban J connectivity index is 1.45. The monoisotopic (exact) mass is 351 g/mol. The molecule has 0 unspecified atom stereocenters. The molecule has 26 heavy (non-hydrogen) atoms. The van der Waals surface area contributed by atoms with E-state index in [4.69, 9.17) is 4.74 Å². The fourth-order valence-corrected chi connectivity index (χ4v) is 3.54. The molecule has 1 fully saturated rings. The number of piperidine rings is 1. The SMILES string of the molecule is CC1CCN(c2ccc(Nc3ccc4c(c3)OCC(=O)N4C)cc2)CC1. The van der Waals surface area contributed by atoms with E-state index in [1.807, 2.05) is 18.2 Å². The zero-order valence-electron chi connectivity index (χ0n) is 15.4. The molecule has 0 aliphatic carbocycles. The van der Waals surface area contributed by atoms with Crippen molar-refractivity contribution in [2.45, 2.75) is 19.8 Å². The summed E-state index contributed by atoms with van der Waals surface area (Å²) in [7, 11) is 1.77. The highest BCUT2D eigenvalue weighted by atomic mass is 16.5. The molecule has 2 aliphatic rings. The smallest absolute Gasteiger partial charge is 0.264 e. The molecule has 5 nitrogen and oxygen atoms in total. The van der Waals surface area contributed by atoms with Gasteiger partial charge in [0.05, 0.1) is 5.69 Å². The predicted octanol–water partition coefficient (Wildman–Crippen LogP) is 4.02. The normalized spacial score (nSPS) is 17.7. The third kappa shape index (κ3) is 3.34. The largest absolute Gasteiger partial charge is 0.481 e. The number of amides is 1. The molecule has 1 saturated heterocycles. The first-order valence-electron chi connectivity index (χ1n) is 9.25. The minimum absolute atomic E-state index is 0.0269. The van der Waals surface area contributed by atoms with Crippen molar-refractivity contribution < 1.29 is 9.53 Å². The Hall–Kier alpha value is -2.69. The van der Waals surface area contributed by atoms with Gasteiger partial charge in [0.15, 0.2) is 6.61 Å². The zero-order chi connectivity index (χ0) is 18.1. The van der Waals surface area contributed by atoms with Crippen LogP contribution in [0.15, 0.2) is 42.5 Å². The summed E-state index contributed by atoms with van der Waals surface area (Å²) in [6, 6.07) is 14.4. The molecule has 4 rings (SSSR count). The number of anilines is 4. The Kier molecular flexibility index (Phi) is 4.45. The average Bonchev–Trinajstić information content (AvgIpc) is 2.66. The number of carbonyl (C=O) groups is 1. The molecule has 0 spiro atoms. The third-order valence-corrected chi connectivity index (χ3v) is 5.35. The van der Waals surface area contributed by atoms with Gasteiger partial charge >= 0.3 is 0 Å². The molecule has 5 heteroatoms. The topological polar surface area (TPSA) is 44.8 Å². The summed E-state index contributed by atoms with van der Waals surface area (Å²) in [4.78, 5) is 15.8. The number of likely N-dealkylation sites (N-methyl/N-ethyl adjacent to an activating group) is 1. The van der Waals surface area contributed by atoms with Gasteiger partial charge in [0, 0.05) is 43.3 Å². The average molecular weight is 351 g/mol. The van der Waals surface area contributed by atoms with Crippen molar-refractivity contribution >= 4 is 28.7 Å². The zero-order valence-corrected chi connectivity index (χ0v) is 15.4. The van der Waals surface area contributed by atoms with Crippen LogP contribution < -0.4 is 19.9 Å². The lowest BCUT2D eigenvalue weighted by molar-refractivity contribution is -0.120. The van der Waals surface area contributed by atoms with Gasteiger partial charge in [0.2, 0.25) is 0 Å². The van der Waals surface area contributed by atoms with Gasteiger partial charge < -0.3 is 19.9 Å². The third-order valence-electron chi connectivity index (χ3n) is 5.35. The molecule has 1 amide bonds. The number of nitrogens with one attached hydrogen (secondary N) is 1. The molecule has 0 radical (unpaired) electrons. The van der Waals surface area contributed by atoms with Crippen LogP contribution in [0, 0.1) is 5.92 Å². The van der Waals surface area contributed by atoms with E-state index >= 15 is 0 Å². The molecule has 0 saturated carbocycles. The van der Waals surface area contributed by atoms with E-state index in [-0.39, 0.29) is 12.5 Å². The first-order chi connectivity index (χ1) is 12.6. The molecule has 0 atom stereocenters. The minimum atomic E-state index is -0.0269. The number of benzene rings is 2. The first kappa shape index (κ1) is 16.8. The van der Waals surface area contributed by atoms with Crippen LogP contribution in [-0.4, -0.2) is 32.7 Å². The quantitative estimate of drug-likeness (QED) is 0.907. The van der Waals surface area contributed by atoms with Gasteiger partial charge in [-0.1, -0.05) is 6.92 Å². The van der Waals surface area contributed by atoms with Crippen LogP contribution in [0.2, 0.25) is 0 Å². The number of rotatable bonds is 3. The van der Waals surface area contributed by atoms with Crippen molar-refractivity contribution in [1.82, 2.24) is 0 Å². The summed E-state index contributed by atoms with van der Waals surface area (Å²) >= 11 is 0. The second-order valence-electron chi connectivity index (χ2n) is 7.27. The maximum atomic E-state index is 11.7. The molecule has 136 valence electrons. The van der Waals surface area contributed by atoms with Gasteiger partial charge in [-0.3, -0.25) is 4.79 Å². The van der Waals surface area contributed by atoms with Crippen molar-refractivity contribution in [3.05, 3.63) is 42.5 Å². The lowest BCUT2D eigenvalue weighted by atomic mass is 9.99. The summed E-state index contributed by atoms with van der Waals surface area (Å²) in [5.74, 6) is 1.55. The Bertz CT molecular complexity index is 795. The minimum Gasteiger partial charge on any atom is -0.481 e. The lowest BCUT2D eigenvalue weighted by Crippen LogP contribution is -2.35. The van der Waals surface area contributed by atoms with Crippen LogP contribution in [0.3, 0.4) is 0 Å². The number of hydrogen-bond donors (Lipinski definition) is 1. The molecular formula is C21H25N3O2. The highest BCUT2D eigenvalue weighted by Crippen LogP contribution is 2.34. The molecule has 2 aromatic rings. The van der Waals surface area contributed by atoms with E-state index in [0.29, 0.717) is 0 Å². The molecular weight excluding hydrogens is 326 g/mol. The molecule has 0 bridgehead atoms. The lowest BCUT2D eigenvalue weighted by Gasteiger charge is -2.32. The van der Waals surface area contributed by atoms with Crippen LogP contribution in [0.5, 0.6) is 5.75 Å². The van der Waals surface area contributed by atoms with E-state index in [9.17, 15) is 4.79 Å². The number of ether oxygens (including phenoxy) is 1. The summed E-state index contributed by atoms with van der Waals surface area (Å²) in [5, 5.41) is 3.42. The highest BCUT2D eigenvalue weighted by Gasteiger charge is 2.22. The van der Waals surface area contributed by atoms with E-state index in [1.54, 1.807) is 11.9 Å². The van der Waals surface area contributed by atoms with Gasteiger partial charge in [-0.15, -0.1) is 0 Å². The van der Waals surface area contributed by atoms with Crippen LogP contribution in [0.25, 0.3) is 0 Å². The number of fused-ring (bicyclic) bond motifs is 1. The summed E-state index contributed by atoms with van der Waals surface area (Å²) in [6.45, 7) is 4.71. The van der Waals surface area contributed by atoms with Gasteiger partial charge in [-0.05, 0) is 55.2 Å². The molecule has 2 aliphatic heterocycles. The summed E-state index contributed by atoms with van der Waals surface area (Å²) in [5.41, 5.74) is 4.09. The van der Waals surface area contributed by atoms with E-state index in [0.717, 1.165) is 41.8 Å². The van der Waals surface area contributed by atoms with Crippen LogP contribution >= 0.6 is 0 Å². The van der Waals surface area contributed by atoms with Gasteiger partial charge in [0.25, 0.3) is 5.91 Å². The summed E-state index contributed by atoms with van der Waals surface area (Å²) < 4.78 is 5.55. The molecule has 2 aromatic carbocycles. The molecule has 1 N–H and O–H groups in total. The maximum absolute atomic E-state index is 11.7. The van der Waals surface area contributed by atoms with Gasteiger partial charge in [-0.25, -0.2) is 0 Å². The summed E-state index contributed by atoms with van der Waals surface area (Å²) in [6.07, 6.45) is 2.54. The van der Waals surface area contributed by atoms with E-state index in [2.05, 4.69) is 41.4 Å². The second-order valence-corrected chi connectivity index (χ2v) is 7.27. The van der Waals surface area contributed by atoms with Gasteiger partial charge in [-0.2, -0.15) is 0 Å². The van der Waals surface area contributed by atoms with Crippen molar-refractivity contribution in [2.75, 3.05) is 41.9 Å². The Morgan fingerprint density at radius 1 is 1.04 bits per heavy atom. The van der Waals surface area contributed by atoms with Crippen LogP contribution in [-0.2, 0) is 4.79 Å². The first-order valence-corrected chi connectivity index (χ1v) is 9.25. The Morgan fingerprint density at radius 2 is 1.73 bits per heavy atom. The van der Waals surface area contributed by atoms with E-state index in [1.165, 1.54) is 18.5 Å². The van der Waals surface area contributed by atoms with Crippen molar-refractivity contribution in [2.24, 2.45) is 5.92 Å². The highest BCUT2D eigenvalue weighted by molar-refractivity contribution is 5.97. The number of nitrogens with zero attached hydrogens (tertiary/aromatic N) is 2. The Morgan fingerprint density at radius 3 is 2.46 bits per heavy atom. The van der Waals surface area contributed by atoms with Gasteiger partial charge in [0.1, 0.15) is 5.75 Å². The Labute approximate surface area is 154 Å². The molecule has 2 heterocycles. The standard InChI is InChI=1S/C21H25N3O2/c1-15-9-11-24(12-10-15)18-6-3-16(4-7-18)22-17-5-8-19-20(13-17)26-14-21(25)23(19)2/h3-8,13,15,22H,9-12,14H2,1-2H3. The number of hydrogen-bond acceptors (Lipinski definition) is 4. The van der Waals surface area contributed by atoms with Crippen LogP contribution in [0.4, 0.5) is 22.7 Å². The van der Waals surface area contributed by atoms with Crippen molar-refractivity contribution in [1.29, 1.82) is 0 Å². The predicted molar refractivity (Wildman–Crippen MR) is 106 cm³/mol. The van der Waals surface area contributed by atoms with E-state index < -0.39 is 0 Å². The maximum Gasteiger partial charge on any atom is 0.264 e. The van der Waals surface area contributed by atoms with Crippen molar-refractivity contribution in [3.63, 3.8) is 0 Å². The number of carbonyl (C=O) groups excluding carboxylic acids is 1. The fourth-order valence-electron chi connectivity index (χ4n) is 3.54.